The molecule has 1 aromatic carbocycles. The molecule has 0 heterocycles. The number of hydrogen-bond acceptors (Lipinski definition) is 2. The molecule has 16 heavy (non-hydrogen) atoms. The average molecular weight is 230 g/mol. The van der Waals surface area contributed by atoms with Gasteiger partial charge in [-0.05, 0) is 25.5 Å². The highest BCUT2D eigenvalue weighted by molar-refractivity contribution is 5.20. The Labute approximate surface area is 93.9 Å². The zero-order chi connectivity index (χ0) is 12.0. The Bertz CT molecular complexity index is 309. The number of aliphatic hydroxyl groups excluding tert-OH is 1. The summed E-state index contributed by atoms with van der Waals surface area (Å²) in [6.07, 6.45) is -0.425. The second kappa shape index (κ2) is 6.55. The van der Waals surface area contributed by atoms with Crippen LogP contribution in [0.3, 0.4) is 0 Å². The molecule has 2 nitrogen and oxygen atoms in total. The number of halogens is 2. The van der Waals surface area contributed by atoms with E-state index in [4.69, 9.17) is 4.74 Å². The highest BCUT2D eigenvalue weighted by Crippen LogP contribution is 2.15. The van der Waals surface area contributed by atoms with Crippen LogP contribution in [0.25, 0.3) is 0 Å². The molecule has 0 aliphatic carbocycles. The molecule has 0 spiro atoms. The summed E-state index contributed by atoms with van der Waals surface area (Å²) in [4.78, 5) is 0. The first-order valence-corrected chi connectivity index (χ1v) is 5.33. The Balaban J connectivity index is 2.52. The second-order valence-corrected chi connectivity index (χ2v) is 3.54. The Morgan fingerprint density at radius 1 is 1.31 bits per heavy atom. The molecule has 1 aromatic rings. The summed E-state index contributed by atoms with van der Waals surface area (Å²) in [6, 6.07) is 3.68. The molecule has 0 radical (unpaired) electrons. The van der Waals surface area contributed by atoms with Crippen LogP contribution in [0.5, 0.6) is 0 Å². The molecule has 0 saturated carbocycles. The van der Waals surface area contributed by atoms with Crippen molar-refractivity contribution in [2.45, 2.75) is 25.9 Å². The lowest BCUT2D eigenvalue weighted by Crippen LogP contribution is -2.15. The van der Waals surface area contributed by atoms with Crippen LogP contribution in [0, 0.1) is 11.6 Å². The summed E-state index contributed by atoms with van der Waals surface area (Å²) in [5.74, 6) is -1.23. The minimum absolute atomic E-state index is 0.0222. The smallest absolute Gasteiger partial charge is 0.129 e. The Morgan fingerprint density at radius 2 is 1.94 bits per heavy atom. The van der Waals surface area contributed by atoms with E-state index in [1.807, 2.05) is 6.92 Å². The molecular weight excluding hydrogens is 214 g/mol. The van der Waals surface area contributed by atoms with Gasteiger partial charge in [-0.2, -0.15) is 0 Å². The van der Waals surface area contributed by atoms with Gasteiger partial charge in [0.2, 0.25) is 0 Å². The molecule has 1 atom stereocenters. The number of rotatable bonds is 6. The fraction of sp³-hybridized carbons (Fsp3) is 0.500. The quantitative estimate of drug-likeness (QED) is 0.760. The summed E-state index contributed by atoms with van der Waals surface area (Å²) < 4.78 is 31.5. The van der Waals surface area contributed by atoms with Crippen LogP contribution in [-0.2, 0) is 11.2 Å². The van der Waals surface area contributed by atoms with Crippen molar-refractivity contribution in [3.05, 3.63) is 35.4 Å². The summed E-state index contributed by atoms with van der Waals surface area (Å²) >= 11 is 0. The van der Waals surface area contributed by atoms with E-state index in [-0.39, 0.29) is 12.0 Å². The van der Waals surface area contributed by atoms with Crippen LogP contribution in [-0.4, -0.2) is 24.4 Å². The van der Waals surface area contributed by atoms with Gasteiger partial charge in [0.05, 0.1) is 6.10 Å². The van der Waals surface area contributed by atoms with Gasteiger partial charge < -0.3 is 9.84 Å². The van der Waals surface area contributed by atoms with Crippen LogP contribution in [0.15, 0.2) is 18.2 Å². The number of benzene rings is 1. The molecule has 0 aliphatic heterocycles. The lowest BCUT2D eigenvalue weighted by Gasteiger charge is -2.11. The average Bonchev–Trinajstić information content (AvgIpc) is 2.24. The summed E-state index contributed by atoms with van der Waals surface area (Å²) in [5.41, 5.74) is -0.0634. The predicted molar refractivity (Wildman–Crippen MR) is 57.2 cm³/mol. The van der Waals surface area contributed by atoms with Crippen molar-refractivity contribution in [3.8, 4) is 0 Å². The highest BCUT2D eigenvalue weighted by Gasteiger charge is 2.13. The fourth-order valence-corrected chi connectivity index (χ4v) is 1.43. The van der Waals surface area contributed by atoms with Gasteiger partial charge in [-0.1, -0.05) is 6.07 Å². The van der Waals surface area contributed by atoms with E-state index >= 15 is 0 Å². The zero-order valence-corrected chi connectivity index (χ0v) is 9.25. The topological polar surface area (TPSA) is 29.5 Å². The zero-order valence-electron chi connectivity index (χ0n) is 9.25. The van der Waals surface area contributed by atoms with Crippen molar-refractivity contribution in [1.29, 1.82) is 0 Å². The van der Waals surface area contributed by atoms with Crippen LogP contribution in [0.2, 0.25) is 0 Å². The van der Waals surface area contributed by atoms with Crippen molar-refractivity contribution in [2.75, 3.05) is 13.2 Å². The van der Waals surface area contributed by atoms with E-state index in [1.165, 1.54) is 18.2 Å². The van der Waals surface area contributed by atoms with Crippen molar-refractivity contribution in [1.82, 2.24) is 0 Å². The van der Waals surface area contributed by atoms with Gasteiger partial charge in [0.25, 0.3) is 0 Å². The molecule has 0 fully saturated rings. The Kier molecular flexibility index (Phi) is 5.35. The molecule has 4 heteroatoms. The van der Waals surface area contributed by atoms with Crippen molar-refractivity contribution < 1.29 is 18.6 Å². The Morgan fingerprint density at radius 3 is 2.50 bits per heavy atom. The number of ether oxygens (including phenoxy) is 1. The van der Waals surface area contributed by atoms with Gasteiger partial charge in [-0.15, -0.1) is 0 Å². The van der Waals surface area contributed by atoms with Crippen LogP contribution >= 0.6 is 0 Å². The minimum atomic E-state index is -0.780. The molecule has 90 valence electrons. The summed E-state index contributed by atoms with van der Waals surface area (Å²) in [6.45, 7) is 2.82. The van der Waals surface area contributed by atoms with Crippen LogP contribution < -0.4 is 0 Å². The third-order valence-corrected chi connectivity index (χ3v) is 2.30. The lowest BCUT2D eigenvalue weighted by molar-refractivity contribution is 0.0878. The standard InChI is InChI=1S/C12H16F2O2/c1-2-16-7-6-9(15)8-10-11(13)4-3-5-12(10)14/h3-5,9,15H,2,6-8H2,1H3. The van der Waals surface area contributed by atoms with E-state index in [2.05, 4.69) is 0 Å². The van der Waals surface area contributed by atoms with E-state index < -0.39 is 17.7 Å². The second-order valence-electron chi connectivity index (χ2n) is 3.54. The molecule has 1 unspecified atom stereocenters. The van der Waals surface area contributed by atoms with Crippen molar-refractivity contribution >= 4 is 0 Å². The monoisotopic (exact) mass is 230 g/mol. The lowest BCUT2D eigenvalue weighted by atomic mass is 10.0. The molecular formula is C12H16F2O2. The maximum Gasteiger partial charge on any atom is 0.129 e. The first kappa shape index (κ1) is 13.1. The maximum absolute atomic E-state index is 13.2. The SMILES string of the molecule is CCOCCC(O)Cc1c(F)cccc1F. The van der Waals surface area contributed by atoms with E-state index in [0.717, 1.165) is 0 Å². The van der Waals surface area contributed by atoms with Gasteiger partial charge in [0, 0.05) is 25.2 Å². The molecule has 1 rings (SSSR count). The summed E-state index contributed by atoms with van der Waals surface area (Å²) in [7, 11) is 0. The van der Waals surface area contributed by atoms with Crippen LogP contribution in [0.4, 0.5) is 8.78 Å². The van der Waals surface area contributed by atoms with Gasteiger partial charge in [0.15, 0.2) is 0 Å². The number of aliphatic hydroxyl groups is 1. The van der Waals surface area contributed by atoms with E-state index in [0.29, 0.717) is 19.6 Å². The van der Waals surface area contributed by atoms with E-state index in [1.54, 1.807) is 0 Å². The minimum Gasteiger partial charge on any atom is -0.393 e. The van der Waals surface area contributed by atoms with Gasteiger partial charge >= 0.3 is 0 Å². The first-order chi connectivity index (χ1) is 7.65. The maximum atomic E-state index is 13.2. The molecule has 0 aliphatic rings. The fourth-order valence-electron chi connectivity index (χ4n) is 1.43. The van der Waals surface area contributed by atoms with Crippen molar-refractivity contribution in [3.63, 3.8) is 0 Å². The predicted octanol–water partition coefficient (Wildman–Crippen LogP) is 2.29. The summed E-state index contributed by atoms with van der Waals surface area (Å²) in [5, 5.41) is 9.56. The van der Waals surface area contributed by atoms with Crippen LogP contribution in [0.1, 0.15) is 18.9 Å². The molecule has 0 aromatic heterocycles. The third-order valence-electron chi connectivity index (χ3n) is 2.30. The van der Waals surface area contributed by atoms with Gasteiger partial charge in [0.1, 0.15) is 11.6 Å². The van der Waals surface area contributed by atoms with Gasteiger partial charge in [-0.3, -0.25) is 0 Å². The third kappa shape index (κ3) is 3.87. The first-order valence-electron chi connectivity index (χ1n) is 5.33. The van der Waals surface area contributed by atoms with Gasteiger partial charge in [-0.25, -0.2) is 8.78 Å². The van der Waals surface area contributed by atoms with E-state index in [9.17, 15) is 13.9 Å². The largest absolute Gasteiger partial charge is 0.393 e. The van der Waals surface area contributed by atoms with Crippen molar-refractivity contribution in [2.24, 2.45) is 0 Å². The molecule has 1 N–H and O–H groups in total. The molecule has 0 bridgehead atoms. The molecule has 0 amide bonds. The number of hydrogen-bond donors (Lipinski definition) is 1. The normalized spacial score (nSPS) is 12.8. The Hall–Kier alpha value is -1.00. The molecule has 0 saturated heterocycles. The highest BCUT2D eigenvalue weighted by atomic mass is 19.1.